The second kappa shape index (κ2) is 7.95. The summed E-state index contributed by atoms with van der Waals surface area (Å²) in [5.74, 6) is -0.0364. The minimum atomic E-state index is -0.500. The third-order valence-electron chi connectivity index (χ3n) is 2.89. The van der Waals surface area contributed by atoms with Crippen molar-refractivity contribution in [2.75, 3.05) is 6.54 Å². The average molecular weight is 282 g/mol. The molecule has 19 heavy (non-hydrogen) atoms. The fraction of sp³-hybridized carbons (Fsp3) is 0.467. The average Bonchev–Trinajstić information content (AvgIpc) is 2.37. The number of benzene rings is 1. The van der Waals surface area contributed by atoms with Crippen molar-refractivity contribution in [2.45, 2.75) is 38.5 Å². The van der Waals surface area contributed by atoms with Gasteiger partial charge < -0.3 is 5.32 Å². The number of hydrogen-bond donors (Lipinski definition) is 1. The molecule has 1 atom stereocenters. The fourth-order valence-electron chi connectivity index (χ4n) is 1.90. The molecule has 0 spiro atoms. The van der Waals surface area contributed by atoms with Crippen molar-refractivity contribution < 1.29 is 9.59 Å². The zero-order valence-corrected chi connectivity index (χ0v) is 12.2. The molecule has 0 saturated heterocycles. The molecular weight excluding hydrogens is 262 g/mol. The van der Waals surface area contributed by atoms with Gasteiger partial charge in [-0.25, -0.2) is 0 Å². The Morgan fingerprint density at radius 1 is 1.26 bits per heavy atom. The van der Waals surface area contributed by atoms with Crippen LogP contribution >= 0.6 is 11.6 Å². The van der Waals surface area contributed by atoms with Gasteiger partial charge in [0.15, 0.2) is 5.78 Å². The summed E-state index contributed by atoms with van der Waals surface area (Å²) in [6, 6.07) is 7.57. The van der Waals surface area contributed by atoms with E-state index in [1.807, 2.05) is 24.3 Å². The Bertz CT molecular complexity index is 444. The summed E-state index contributed by atoms with van der Waals surface area (Å²) in [5.41, 5.74) is 1.74. The van der Waals surface area contributed by atoms with Gasteiger partial charge in [-0.15, -0.1) is 11.6 Å². The topological polar surface area (TPSA) is 46.2 Å². The zero-order valence-electron chi connectivity index (χ0n) is 11.4. The Morgan fingerprint density at radius 3 is 2.58 bits per heavy atom. The van der Waals surface area contributed by atoms with Gasteiger partial charge in [0, 0.05) is 19.0 Å². The van der Waals surface area contributed by atoms with Crippen LogP contribution in [-0.2, 0) is 11.2 Å². The maximum Gasteiger partial charge on any atom is 0.216 e. The number of nitrogens with one attached hydrogen (secondary N) is 1. The molecule has 1 rings (SSSR count). The first-order chi connectivity index (χ1) is 9.02. The molecule has 3 nitrogen and oxygen atoms in total. The molecule has 1 amide bonds. The third-order valence-corrected chi connectivity index (χ3v) is 3.09. The van der Waals surface area contributed by atoms with Crippen molar-refractivity contribution in [3.05, 3.63) is 35.4 Å². The predicted octanol–water partition coefficient (Wildman–Crippen LogP) is 2.96. The lowest BCUT2D eigenvalue weighted by Crippen LogP contribution is -2.21. The number of carbonyl (C=O) groups excluding carboxylic acids is 2. The number of aryl methyl sites for hydroxylation is 1. The molecule has 0 saturated carbocycles. The molecule has 104 valence electrons. The number of carbonyl (C=O) groups is 2. The lowest BCUT2D eigenvalue weighted by molar-refractivity contribution is -0.118. The van der Waals surface area contributed by atoms with Crippen LogP contribution in [0.25, 0.3) is 0 Å². The number of unbranched alkanes of at least 4 members (excludes halogenated alkanes) is 1. The number of rotatable bonds is 7. The van der Waals surface area contributed by atoms with Gasteiger partial charge in [0.2, 0.25) is 5.91 Å². The van der Waals surface area contributed by atoms with Crippen LogP contribution in [0.4, 0.5) is 0 Å². The van der Waals surface area contributed by atoms with E-state index in [1.54, 1.807) is 6.92 Å². The van der Waals surface area contributed by atoms with Crippen LogP contribution in [0.1, 0.15) is 42.6 Å². The molecule has 1 unspecified atom stereocenters. The van der Waals surface area contributed by atoms with E-state index in [-0.39, 0.29) is 11.7 Å². The Kier molecular flexibility index (Phi) is 6.57. The van der Waals surface area contributed by atoms with Gasteiger partial charge in [-0.05, 0) is 31.7 Å². The number of halogens is 1. The standard InChI is InChI=1S/C15H20ClNO2/c1-11(16)15(19)14-9-4-3-7-13(14)8-5-6-10-17-12(2)18/h3-4,7,9,11H,5-6,8,10H2,1-2H3,(H,17,18). The van der Waals surface area contributed by atoms with Crippen LogP contribution < -0.4 is 5.32 Å². The maximum atomic E-state index is 12.0. The van der Waals surface area contributed by atoms with Gasteiger partial charge in [0.25, 0.3) is 0 Å². The summed E-state index contributed by atoms with van der Waals surface area (Å²) in [7, 11) is 0. The molecule has 0 heterocycles. The van der Waals surface area contributed by atoms with E-state index in [1.165, 1.54) is 6.92 Å². The van der Waals surface area contributed by atoms with E-state index < -0.39 is 5.38 Å². The molecule has 4 heteroatoms. The highest BCUT2D eigenvalue weighted by atomic mass is 35.5. The first-order valence-corrected chi connectivity index (χ1v) is 6.96. The molecule has 1 N–H and O–H groups in total. The van der Waals surface area contributed by atoms with Gasteiger partial charge in [0.05, 0.1) is 5.38 Å². The lowest BCUT2D eigenvalue weighted by atomic mass is 9.98. The summed E-state index contributed by atoms with van der Waals surface area (Å²) in [4.78, 5) is 22.7. The number of amides is 1. The smallest absolute Gasteiger partial charge is 0.216 e. The second-order valence-electron chi connectivity index (χ2n) is 4.58. The van der Waals surface area contributed by atoms with Crippen LogP contribution in [0.5, 0.6) is 0 Å². The Balaban J connectivity index is 2.54. The molecule has 0 fully saturated rings. The van der Waals surface area contributed by atoms with E-state index >= 15 is 0 Å². The summed E-state index contributed by atoms with van der Waals surface area (Å²) in [6.45, 7) is 3.88. The van der Waals surface area contributed by atoms with Crippen LogP contribution in [0.15, 0.2) is 24.3 Å². The third kappa shape index (κ3) is 5.43. The molecule has 0 bridgehead atoms. The molecule has 1 aromatic carbocycles. The lowest BCUT2D eigenvalue weighted by Gasteiger charge is -2.09. The van der Waals surface area contributed by atoms with Gasteiger partial charge >= 0.3 is 0 Å². The van der Waals surface area contributed by atoms with Crippen molar-refractivity contribution in [3.8, 4) is 0 Å². The van der Waals surface area contributed by atoms with Crippen LogP contribution in [-0.4, -0.2) is 23.6 Å². The molecule has 1 aromatic rings. The monoisotopic (exact) mass is 281 g/mol. The SMILES string of the molecule is CC(=O)NCCCCc1ccccc1C(=O)C(C)Cl. The summed E-state index contributed by atoms with van der Waals surface area (Å²) < 4.78 is 0. The van der Waals surface area contributed by atoms with Crippen molar-refractivity contribution in [1.82, 2.24) is 5.32 Å². The summed E-state index contributed by atoms with van der Waals surface area (Å²) >= 11 is 5.86. The highest BCUT2D eigenvalue weighted by Crippen LogP contribution is 2.16. The number of alkyl halides is 1. The van der Waals surface area contributed by atoms with Gasteiger partial charge in [-0.3, -0.25) is 9.59 Å². The minimum absolute atomic E-state index is 0.00783. The first kappa shape index (κ1) is 15.7. The van der Waals surface area contributed by atoms with Crippen LogP contribution in [0.2, 0.25) is 0 Å². The maximum absolute atomic E-state index is 12.0. The van der Waals surface area contributed by atoms with Gasteiger partial charge in [-0.1, -0.05) is 24.3 Å². The van der Waals surface area contributed by atoms with Crippen molar-refractivity contribution >= 4 is 23.3 Å². The van der Waals surface area contributed by atoms with Crippen molar-refractivity contribution in [3.63, 3.8) is 0 Å². The highest BCUT2D eigenvalue weighted by molar-refractivity contribution is 6.33. The molecule has 0 aliphatic heterocycles. The molecule has 0 aromatic heterocycles. The van der Waals surface area contributed by atoms with Gasteiger partial charge in [0.1, 0.15) is 0 Å². The molecule has 0 radical (unpaired) electrons. The van der Waals surface area contributed by atoms with E-state index in [0.717, 1.165) is 24.8 Å². The van der Waals surface area contributed by atoms with E-state index in [0.29, 0.717) is 12.1 Å². The van der Waals surface area contributed by atoms with E-state index in [4.69, 9.17) is 11.6 Å². The normalized spacial score (nSPS) is 11.9. The van der Waals surface area contributed by atoms with Crippen LogP contribution in [0.3, 0.4) is 0 Å². The number of hydrogen-bond acceptors (Lipinski definition) is 2. The van der Waals surface area contributed by atoms with Gasteiger partial charge in [-0.2, -0.15) is 0 Å². The number of Topliss-reactive ketones (excluding diaryl/α,β-unsaturated/α-hetero) is 1. The van der Waals surface area contributed by atoms with Crippen molar-refractivity contribution in [1.29, 1.82) is 0 Å². The van der Waals surface area contributed by atoms with Crippen molar-refractivity contribution in [2.24, 2.45) is 0 Å². The molecule has 0 aliphatic rings. The fourth-order valence-corrected chi connectivity index (χ4v) is 2.02. The summed E-state index contributed by atoms with van der Waals surface area (Å²) in [5, 5.41) is 2.26. The van der Waals surface area contributed by atoms with Crippen LogP contribution in [0, 0.1) is 0 Å². The number of ketones is 1. The quantitative estimate of drug-likeness (QED) is 0.474. The Hall–Kier alpha value is -1.35. The van der Waals surface area contributed by atoms with E-state index in [2.05, 4.69) is 5.32 Å². The largest absolute Gasteiger partial charge is 0.356 e. The van der Waals surface area contributed by atoms with E-state index in [9.17, 15) is 9.59 Å². The molecule has 0 aliphatic carbocycles. The predicted molar refractivity (Wildman–Crippen MR) is 77.7 cm³/mol. The second-order valence-corrected chi connectivity index (χ2v) is 5.23. The molecular formula is C15H20ClNO2. The Morgan fingerprint density at radius 2 is 1.95 bits per heavy atom. The minimum Gasteiger partial charge on any atom is -0.356 e. The zero-order chi connectivity index (χ0) is 14.3. The summed E-state index contributed by atoms with van der Waals surface area (Å²) in [6.07, 6.45) is 2.66. The highest BCUT2D eigenvalue weighted by Gasteiger charge is 2.15. The first-order valence-electron chi connectivity index (χ1n) is 6.53. The Labute approximate surface area is 119 Å².